The van der Waals surface area contributed by atoms with Gasteiger partial charge in [0.15, 0.2) is 0 Å². The number of amides is 1. The van der Waals surface area contributed by atoms with E-state index in [4.69, 9.17) is 9.47 Å². The van der Waals surface area contributed by atoms with Crippen LogP contribution in [0.15, 0.2) is 42.6 Å². The summed E-state index contributed by atoms with van der Waals surface area (Å²) in [7, 11) is 0. The minimum atomic E-state index is -0.546. The second kappa shape index (κ2) is 9.91. The van der Waals surface area contributed by atoms with Gasteiger partial charge in [-0.25, -0.2) is 9.78 Å². The first-order valence-corrected chi connectivity index (χ1v) is 12.9. The number of ether oxygens (including phenoxy) is 2. The fraction of sp³-hybridized carbons (Fsp3) is 0.500. The number of benzene rings is 1. The van der Waals surface area contributed by atoms with E-state index in [2.05, 4.69) is 50.2 Å². The molecular weight excluding hydrogens is 454 g/mol. The lowest BCUT2D eigenvalue weighted by molar-refractivity contribution is 0.0504. The van der Waals surface area contributed by atoms with Gasteiger partial charge < -0.3 is 14.8 Å². The third-order valence-corrected chi connectivity index (χ3v) is 6.81. The van der Waals surface area contributed by atoms with Crippen molar-refractivity contribution in [2.24, 2.45) is 0 Å². The highest BCUT2D eigenvalue weighted by atomic mass is 16.6. The summed E-state index contributed by atoms with van der Waals surface area (Å²) in [5.41, 5.74) is 2.93. The van der Waals surface area contributed by atoms with Crippen molar-refractivity contribution < 1.29 is 14.3 Å². The van der Waals surface area contributed by atoms with Crippen molar-refractivity contribution >= 4 is 6.09 Å². The molecule has 1 N–H and O–H groups in total. The van der Waals surface area contributed by atoms with E-state index in [0.29, 0.717) is 24.6 Å². The molecule has 2 aliphatic rings. The number of pyridine rings is 1. The summed E-state index contributed by atoms with van der Waals surface area (Å²) < 4.78 is 13.9. The Kier molecular flexibility index (Phi) is 6.69. The molecule has 1 atom stereocenters. The molecule has 0 radical (unpaired) electrons. The van der Waals surface area contributed by atoms with Crippen LogP contribution < -0.4 is 10.1 Å². The second-order valence-corrected chi connectivity index (χ2v) is 11.0. The molecule has 1 aliphatic carbocycles. The zero-order chi connectivity index (χ0) is 25.3. The standard InChI is InChI=1S/C28H35N5O3/c1-18-8-13-23-20(15-18)16-21(30-27(34)36-28(2,3)4)17-24-31-32-26(33(23)24)19-9-11-22(12-10-19)35-25-7-5-6-14-29-25/h5-8,13-15,19,21-22H,9-12,16-17H2,1-4H3,(H,30,34)/t19-,21?,22-. The Morgan fingerprint density at radius 2 is 1.86 bits per heavy atom. The van der Waals surface area contributed by atoms with Crippen LogP contribution in [0.3, 0.4) is 0 Å². The zero-order valence-electron chi connectivity index (χ0n) is 21.5. The Balaban J connectivity index is 1.36. The lowest BCUT2D eigenvalue weighted by Crippen LogP contribution is -2.41. The van der Waals surface area contributed by atoms with Gasteiger partial charge in [0.2, 0.25) is 5.88 Å². The van der Waals surface area contributed by atoms with Crippen LogP contribution in [0, 0.1) is 6.92 Å². The van der Waals surface area contributed by atoms with E-state index >= 15 is 0 Å². The molecular formula is C28H35N5O3. The normalized spacial score (nSPS) is 21.6. The first-order chi connectivity index (χ1) is 17.2. The van der Waals surface area contributed by atoms with Crippen LogP contribution >= 0.6 is 0 Å². The van der Waals surface area contributed by atoms with Crippen molar-refractivity contribution in [2.75, 3.05) is 0 Å². The van der Waals surface area contributed by atoms with Crippen molar-refractivity contribution in [1.29, 1.82) is 0 Å². The SMILES string of the molecule is Cc1ccc2c(c1)CC(NC(=O)OC(C)(C)C)Cc1nnc([C@H]3CC[C@H](Oc4ccccn4)CC3)n1-2. The number of hydrogen-bond donors (Lipinski definition) is 1. The average molecular weight is 490 g/mol. The Morgan fingerprint density at radius 1 is 1.06 bits per heavy atom. The summed E-state index contributed by atoms with van der Waals surface area (Å²) in [4.78, 5) is 16.9. The number of carbonyl (C=O) groups is 1. The third kappa shape index (κ3) is 5.53. The molecule has 1 fully saturated rings. The van der Waals surface area contributed by atoms with Gasteiger partial charge in [-0.05, 0) is 77.5 Å². The van der Waals surface area contributed by atoms with E-state index in [0.717, 1.165) is 43.0 Å². The number of alkyl carbamates (subject to hydrolysis) is 1. The van der Waals surface area contributed by atoms with Gasteiger partial charge in [-0.2, -0.15) is 0 Å². The van der Waals surface area contributed by atoms with Crippen molar-refractivity contribution in [2.45, 2.75) is 89.9 Å². The van der Waals surface area contributed by atoms with Gasteiger partial charge in [-0.1, -0.05) is 23.8 Å². The Hall–Kier alpha value is -3.42. The van der Waals surface area contributed by atoms with Crippen LogP contribution in [0.2, 0.25) is 0 Å². The number of rotatable bonds is 4. The van der Waals surface area contributed by atoms with Gasteiger partial charge >= 0.3 is 6.09 Å². The molecule has 0 bridgehead atoms. The lowest BCUT2D eigenvalue weighted by atomic mass is 9.86. The quantitative estimate of drug-likeness (QED) is 0.550. The number of fused-ring (bicyclic) bond motifs is 3. The van der Waals surface area contributed by atoms with Crippen LogP contribution in [0.25, 0.3) is 5.69 Å². The summed E-state index contributed by atoms with van der Waals surface area (Å²) in [6.45, 7) is 7.71. The van der Waals surface area contributed by atoms with Crippen molar-refractivity contribution in [1.82, 2.24) is 25.1 Å². The van der Waals surface area contributed by atoms with E-state index in [-0.39, 0.29) is 12.1 Å². The summed E-state index contributed by atoms with van der Waals surface area (Å²) in [5, 5.41) is 12.4. The summed E-state index contributed by atoms with van der Waals surface area (Å²) in [6.07, 6.45) is 6.70. The molecule has 1 aromatic carbocycles. The summed E-state index contributed by atoms with van der Waals surface area (Å²) in [6, 6.07) is 12.1. The third-order valence-electron chi connectivity index (χ3n) is 6.81. The maximum atomic E-state index is 12.6. The summed E-state index contributed by atoms with van der Waals surface area (Å²) in [5.74, 6) is 2.87. The number of nitrogens with zero attached hydrogens (tertiary/aromatic N) is 4. The molecule has 8 nitrogen and oxygen atoms in total. The molecule has 0 spiro atoms. The number of aryl methyl sites for hydroxylation is 1. The Bertz CT molecular complexity index is 1210. The highest BCUT2D eigenvalue weighted by molar-refractivity contribution is 5.68. The molecule has 3 aromatic rings. The molecule has 1 saturated carbocycles. The molecule has 2 aromatic heterocycles. The predicted molar refractivity (Wildman–Crippen MR) is 137 cm³/mol. The molecule has 3 heterocycles. The van der Waals surface area contributed by atoms with Gasteiger partial charge in [-0.15, -0.1) is 10.2 Å². The van der Waals surface area contributed by atoms with E-state index < -0.39 is 11.7 Å². The molecule has 5 rings (SSSR count). The fourth-order valence-corrected chi connectivity index (χ4v) is 5.25. The summed E-state index contributed by atoms with van der Waals surface area (Å²) >= 11 is 0. The minimum Gasteiger partial charge on any atom is -0.474 e. The van der Waals surface area contributed by atoms with Crippen LogP contribution in [0.1, 0.15) is 75.1 Å². The van der Waals surface area contributed by atoms with Gasteiger partial charge in [0.1, 0.15) is 23.4 Å². The molecule has 0 saturated heterocycles. The van der Waals surface area contributed by atoms with E-state index in [1.165, 1.54) is 11.1 Å². The van der Waals surface area contributed by atoms with E-state index in [1.807, 2.05) is 39.0 Å². The molecule has 36 heavy (non-hydrogen) atoms. The van der Waals surface area contributed by atoms with Crippen LogP contribution in [0.4, 0.5) is 4.79 Å². The molecule has 1 aliphatic heterocycles. The van der Waals surface area contributed by atoms with Crippen LogP contribution in [-0.2, 0) is 17.6 Å². The molecule has 190 valence electrons. The first-order valence-electron chi connectivity index (χ1n) is 12.9. The lowest BCUT2D eigenvalue weighted by Gasteiger charge is -2.28. The molecule has 1 unspecified atom stereocenters. The zero-order valence-corrected chi connectivity index (χ0v) is 21.5. The second-order valence-electron chi connectivity index (χ2n) is 11.0. The van der Waals surface area contributed by atoms with Gasteiger partial charge in [0.05, 0.1) is 5.69 Å². The first kappa shape index (κ1) is 24.3. The fourth-order valence-electron chi connectivity index (χ4n) is 5.25. The van der Waals surface area contributed by atoms with Crippen molar-refractivity contribution in [3.05, 3.63) is 65.4 Å². The van der Waals surface area contributed by atoms with E-state index in [9.17, 15) is 4.79 Å². The molecule has 1 amide bonds. The van der Waals surface area contributed by atoms with Gasteiger partial charge in [0.25, 0.3) is 0 Å². The Labute approximate surface area is 212 Å². The number of hydrogen-bond acceptors (Lipinski definition) is 6. The number of carbonyl (C=O) groups excluding carboxylic acids is 1. The smallest absolute Gasteiger partial charge is 0.407 e. The predicted octanol–water partition coefficient (Wildman–Crippen LogP) is 5.07. The maximum Gasteiger partial charge on any atom is 0.407 e. The number of aromatic nitrogens is 4. The van der Waals surface area contributed by atoms with Crippen molar-refractivity contribution in [3.8, 4) is 11.6 Å². The van der Waals surface area contributed by atoms with Crippen LogP contribution in [0.5, 0.6) is 5.88 Å². The minimum absolute atomic E-state index is 0.124. The topological polar surface area (TPSA) is 91.2 Å². The largest absolute Gasteiger partial charge is 0.474 e. The number of nitrogens with one attached hydrogen (secondary N) is 1. The van der Waals surface area contributed by atoms with Crippen LogP contribution in [-0.4, -0.2) is 43.6 Å². The highest BCUT2D eigenvalue weighted by Crippen LogP contribution is 2.36. The molecule has 8 heteroatoms. The van der Waals surface area contributed by atoms with Crippen molar-refractivity contribution in [3.63, 3.8) is 0 Å². The maximum absolute atomic E-state index is 12.6. The van der Waals surface area contributed by atoms with E-state index in [1.54, 1.807) is 6.20 Å². The average Bonchev–Trinajstić information content (AvgIpc) is 3.15. The monoisotopic (exact) mass is 489 g/mol. The highest BCUT2D eigenvalue weighted by Gasteiger charge is 2.32. The van der Waals surface area contributed by atoms with Gasteiger partial charge in [0, 0.05) is 30.6 Å². The van der Waals surface area contributed by atoms with Gasteiger partial charge in [-0.3, -0.25) is 4.57 Å². The Morgan fingerprint density at radius 3 is 2.58 bits per heavy atom.